The quantitative estimate of drug-likeness (QED) is 0.921. The van der Waals surface area contributed by atoms with E-state index in [0.717, 1.165) is 5.56 Å². The number of aryl methyl sites for hydroxylation is 1. The van der Waals surface area contributed by atoms with Crippen molar-refractivity contribution in [1.82, 2.24) is 9.97 Å². The van der Waals surface area contributed by atoms with Crippen molar-refractivity contribution in [2.45, 2.75) is 20.8 Å². The van der Waals surface area contributed by atoms with Crippen LogP contribution < -0.4 is 10.6 Å². The first-order valence-corrected chi connectivity index (χ1v) is 7.16. The van der Waals surface area contributed by atoms with E-state index in [-0.39, 0.29) is 11.5 Å². The fourth-order valence-electron chi connectivity index (χ4n) is 2.16. The van der Waals surface area contributed by atoms with Crippen molar-refractivity contribution in [2.24, 2.45) is 5.73 Å². The van der Waals surface area contributed by atoms with Crippen LogP contribution in [0.5, 0.6) is 0 Å². The summed E-state index contributed by atoms with van der Waals surface area (Å²) in [6, 6.07) is 6.23. The van der Waals surface area contributed by atoms with Crippen LogP contribution in [-0.2, 0) is 0 Å². The highest BCUT2D eigenvalue weighted by atomic mass is 19.1. The molecule has 1 aromatic heterocycles. The molecule has 0 aliphatic heterocycles. The second-order valence-electron chi connectivity index (χ2n) is 4.94. The number of amides is 1. The van der Waals surface area contributed by atoms with Gasteiger partial charge in [0.2, 0.25) is 5.95 Å². The van der Waals surface area contributed by atoms with E-state index in [9.17, 15) is 9.18 Å². The molecule has 2 rings (SSSR count). The monoisotopic (exact) mass is 302 g/mol. The van der Waals surface area contributed by atoms with E-state index in [1.807, 2.05) is 18.7 Å². The number of carbonyl (C=O) groups excluding carboxylic acids is 1. The summed E-state index contributed by atoms with van der Waals surface area (Å²) in [6.07, 6.45) is 0. The molecule has 0 spiro atoms. The lowest BCUT2D eigenvalue weighted by Gasteiger charge is -2.19. The third kappa shape index (κ3) is 3.21. The van der Waals surface area contributed by atoms with Gasteiger partial charge in [0.15, 0.2) is 0 Å². The number of rotatable bonds is 5. The molecule has 2 aromatic rings. The second-order valence-corrected chi connectivity index (χ2v) is 4.94. The summed E-state index contributed by atoms with van der Waals surface area (Å²) in [5.74, 6) is -0.453. The van der Waals surface area contributed by atoms with E-state index in [1.54, 1.807) is 19.1 Å². The van der Waals surface area contributed by atoms with Crippen molar-refractivity contribution in [1.29, 1.82) is 0 Å². The Labute approximate surface area is 129 Å². The first kappa shape index (κ1) is 15.9. The first-order chi connectivity index (χ1) is 10.5. The maximum absolute atomic E-state index is 13.4. The average Bonchev–Trinajstić information content (AvgIpc) is 2.51. The number of carbonyl (C=O) groups is 1. The zero-order valence-electron chi connectivity index (χ0n) is 12.9. The molecule has 1 amide bonds. The average molecular weight is 302 g/mol. The van der Waals surface area contributed by atoms with Gasteiger partial charge < -0.3 is 10.6 Å². The fraction of sp³-hybridized carbons (Fsp3) is 0.312. The number of nitrogens with zero attached hydrogens (tertiary/aromatic N) is 3. The standard InChI is InChI=1S/C16H19FN4O/c1-4-21(5-2)16-19-13(9-14(20-16)15(18)22)11-6-7-12(17)10(3)8-11/h6-9H,4-5H2,1-3H3,(H2,18,22). The van der Waals surface area contributed by atoms with Crippen LogP contribution in [0.15, 0.2) is 24.3 Å². The Morgan fingerprint density at radius 1 is 1.23 bits per heavy atom. The second kappa shape index (κ2) is 6.51. The Morgan fingerprint density at radius 2 is 1.91 bits per heavy atom. The van der Waals surface area contributed by atoms with Crippen LogP contribution in [-0.4, -0.2) is 29.0 Å². The third-order valence-electron chi connectivity index (χ3n) is 3.47. The summed E-state index contributed by atoms with van der Waals surface area (Å²) < 4.78 is 13.4. The summed E-state index contributed by atoms with van der Waals surface area (Å²) in [6.45, 7) is 7.05. The molecule has 0 saturated heterocycles. The molecule has 0 unspecified atom stereocenters. The molecule has 6 heteroatoms. The Morgan fingerprint density at radius 3 is 2.45 bits per heavy atom. The first-order valence-electron chi connectivity index (χ1n) is 7.16. The number of hydrogen-bond donors (Lipinski definition) is 1. The number of halogens is 1. The van der Waals surface area contributed by atoms with Crippen LogP contribution >= 0.6 is 0 Å². The predicted octanol–water partition coefficient (Wildman–Crippen LogP) is 2.54. The van der Waals surface area contributed by atoms with Gasteiger partial charge in [-0.05, 0) is 50.6 Å². The minimum atomic E-state index is -0.615. The largest absolute Gasteiger partial charge is 0.364 e. The molecule has 1 aromatic carbocycles. The summed E-state index contributed by atoms with van der Waals surface area (Å²) in [5, 5.41) is 0. The minimum absolute atomic E-state index is 0.147. The maximum atomic E-state index is 13.4. The fourth-order valence-corrected chi connectivity index (χ4v) is 2.16. The van der Waals surface area contributed by atoms with E-state index in [2.05, 4.69) is 9.97 Å². The molecule has 2 N–H and O–H groups in total. The van der Waals surface area contributed by atoms with E-state index < -0.39 is 5.91 Å². The summed E-state index contributed by atoms with van der Waals surface area (Å²) in [5.41, 5.74) is 7.29. The highest BCUT2D eigenvalue weighted by Gasteiger charge is 2.14. The predicted molar refractivity (Wildman–Crippen MR) is 84.2 cm³/mol. The lowest BCUT2D eigenvalue weighted by molar-refractivity contribution is 0.0995. The third-order valence-corrected chi connectivity index (χ3v) is 3.47. The molecule has 0 aliphatic rings. The lowest BCUT2D eigenvalue weighted by atomic mass is 10.1. The van der Waals surface area contributed by atoms with E-state index in [0.29, 0.717) is 30.3 Å². The van der Waals surface area contributed by atoms with Crippen LogP contribution in [0, 0.1) is 12.7 Å². The Kier molecular flexibility index (Phi) is 4.70. The Balaban J connectivity index is 2.59. The Hall–Kier alpha value is -2.50. The van der Waals surface area contributed by atoms with Crippen LogP contribution in [0.1, 0.15) is 29.9 Å². The van der Waals surface area contributed by atoms with E-state index in [1.165, 1.54) is 12.1 Å². The minimum Gasteiger partial charge on any atom is -0.364 e. The molecule has 0 bridgehead atoms. The zero-order chi connectivity index (χ0) is 16.3. The van der Waals surface area contributed by atoms with E-state index in [4.69, 9.17) is 5.73 Å². The van der Waals surface area contributed by atoms with Gasteiger partial charge in [-0.15, -0.1) is 0 Å². The number of aromatic nitrogens is 2. The normalized spacial score (nSPS) is 10.5. The van der Waals surface area contributed by atoms with Crippen molar-refractivity contribution in [3.63, 3.8) is 0 Å². The SMILES string of the molecule is CCN(CC)c1nc(C(N)=O)cc(-c2ccc(F)c(C)c2)n1. The molecule has 1 heterocycles. The van der Waals surface area contributed by atoms with Crippen LogP contribution in [0.2, 0.25) is 0 Å². The van der Waals surface area contributed by atoms with Crippen LogP contribution in [0.4, 0.5) is 10.3 Å². The van der Waals surface area contributed by atoms with Gasteiger partial charge in [0.05, 0.1) is 5.69 Å². The highest BCUT2D eigenvalue weighted by Crippen LogP contribution is 2.23. The van der Waals surface area contributed by atoms with Crippen molar-refractivity contribution >= 4 is 11.9 Å². The van der Waals surface area contributed by atoms with Crippen molar-refractivity contribution < 1.29 is 9.18 Å². The lowest BCUT2D eigenvalue weighted by Crippen LogP contribution is -2.26. The maximum Gasteiger partial charge on any atom is 0.267 e. The number of hydrogen-bond acceptors (Lipinski definition) is 4. The molecular formula is C16H19FN4O. The van der Waals surface area contributed by atoms with Gasteiger partial charge >= 0.3 is 0 Å². The zero-order valence-corrected chi connectivity index (χ0v) is 12.9. The van der Waals surface area contributed by atoms with Gasteiger partial charge in [-0.1, -0.05) is 0 Å². The van der Waals surface area contributed by atoms with Gasteiger partial charge in [-0.3, -0.25) is 4.79 Å². The molecule has 0 fully saturated rings. The smallest absolute Gasteiger partial charge is 0.267 e. The van der Waals surface area contributed by atoms with Crippen LogP contribution in [0.3, 0.4) is 0 Å². The number of primary amides is 1. The highest BCUT2D eigenvalue weighted by molar-refractivity contribution is 5.92. The molecular weight excluding hydrogens is 283 g/mol. The molecule has 5 nitrogen and oxygen atoms in total. The number of anilines is 1. The van der Waals surface area contributed by atoms with E-state index >= 15 is 0 Å². The molecule has 0 saturated carbocycles. The summed E-state index contributed by atoms with van der Waals surface area (Å²) in [4.78, 5) is 22.1. The van der Waals surface area contributed by atoms with Crippen molar-refractivity contribution in [3.8, 4) is 11.3 Å². The Bertz CT molecular complexity index is 699. The molecule has 0 aliphatic carbocycles. The van der Waals surface area contributed by atoms with Gasteiger partial charge in [0.1, 0.15) is 11.5 Å². The molecule has 0 atom stereocenters. The molecule has 116 valence electrons. The van der Waals surface area contributed by atoms with Crippen molar-refractivity contribution in [2.75, 3.05) is 18.0 Å². The number of nitrogens with two attached hydrogens (primary N) is 1. The van der Waals surface area contributed by atoms with Gasteiger partial charge in [-0.2, -0.15) is 0 Å². The molecule has 22 heavy (non-hydrogen) atoms. The number of benzene rings is 1. The summed E-state index contributed by atoms with van der Waals surface area (Å²) in [7, 11) is 0. The molecule has 0 radical (unpaired) electrons. The van der Waals surface area contributed by atoms with Gasteiger partial charge in [-0.25, -0.2) is 14.4 Å². The van der Waals surface area contributed by atoms with Crippen molar-refractivity contribution in [3.05, 3.63) is 41.3 Å². The van der Waals surface area contributed by atoms with Crippen LogP contribution in [0.25, 0.3) is 11.3 Å². The van der Waals surface area contributed by atoms with Gasteiger partial charge in [0.25, 0.3) is 5.91 Å². The topological polar surface area (TPSA) is 72.1 Å². The van der Waals surface area contributed by atoms with Gasteiger partial charge in [0, 0.05) is 18.7 Å². The summed E-state index contributed by atoms with van der Waals surface area (Å²) >= 11 is 0.